The molecule has 4 nitrogen and oxygen atoms in total. The summed E-state index contributed by atoms with van der Waals surface area (Å²) in [6.07, 6.45) is 0.672. The van der Waals surface area contributed by atoms with Crippen LogP contribution in [-0.2, 0) is 9.84 Å². The van der Waals surface area contributed by atoms with Gasteiger partial charge in [-0.15, -0.1) is 0 Å². The Morgan fingerprint density at radius 1 is 1.42 bits per heavy atom. The summed E-state index contributed by atoms with van der Waals surface area (Å²) in [7, 11) is -1.02. The summed E-state index contributed by atoms with van der Waals surface area (Å²) in [5.74, 6) is 0.248. The van der Waals surface area contributed by atoms with E-state index in [4.69, 9.17) is 0 Å². The fourth-order valence-corrected chi connectivity index (χ4v) is 3.98. The third-order valence-electron chi connectivity index (χ3n) is 3.38. The van der Waals surface area contributed by atoms with E-state index in [-0.39, 0.29) is 23.4 Å². The first-order chi connectivity index (χ1) is 8.98. The van der Waals surface area contributed by atoms with Crippen molar-refractivity contribution in [3.8, 4) is 0 Å². The molecular formula is C13H19FN2O2S. The number of hydrogen-bond donors (Lipinski definition) is 1. The number of nitrogens with zero attached hydrogens (tertiary/aromatic N) is 1. The Balaban J connectivity index is 1.79. The average molecular weight is 286 g/mol. The molecule has 1 unspecified atom stereocenters. The molecule has 1 aromatic rings. The molecule has 2 rings (SSSR count). The molecule has 1 aliphatic rings. The molecule has 0 saturated carbocycles. The van der Waals surface area contributed by atoms with Crippen molar-refractivity contribution in [1.29, 1.82) is 0 Å². The van der Waals surface area contributed by atoms with Crippen molar-refractivity contribution >= 4 is 15.5 Å². The molecule has 0 amide bonds. The highest BCUT2D eigenvalue weighted by atomic mass is 32.2. The van der Waals surface area contributed by atoms with Gasteiger partial charge in [-0.25, -0.2) is 12.8 Å². The summed E-state index contributed by atoms with van der Waals surface area (Å²) in [6, 6.07) is 6.66. The lowest BCUT2D eigenvalue weighted by molar-refractivity contribution is 0.553. The van der Waals surface area contributed by atoms with Crippen molar-refractivity contribution < 1.29 is 12.8 Å². The normalized spacial score (nSPS) is 21.5. The zero-order valence-corrected chi connectivity index (χ0v) is 11.8. The van der Waals surface area contributed by atoms with Gasteiger partial charge in [-0.2, -0.15) is 0 Å². The van der Waals surface area contributed by atoms with Crippen LogP contribution in [0.15, 0.2) is 24.3 Å². The second-order valence-electron chi connectivity index (χ2n) is 4.93. The molecule has 0 bridgehead atoms. The summed E-state index contributed by atoms with van der Waals surface area (Å²) in [6.45, 7) is 1.28. The Bertz CT molecular complexity index is 533. The molecule has 19 heavy (non-hydrogen) atoms. The molecule has 1 aromatic carbocycles. The molecular weight excluding hydrogens is 267 g/mol. The van der Waals surface area contributed by atoms with Crippen LogP contribution in [0.3, 0.4) is 0 Å². The Morgan fingerprint density at radius 2 is 2.16 bits per heavy atom. The van der Waals surface area contributed by atoms with Gasteiger partial charge in [0.15, 0.2) is 9.84 Å². The topological polar surface area (TPSA) is 49.4 Å². The van der Waals surface area contributed by atoms with Gasteiger partial charge in [-0.1, -0.05) is 12.1 Å². The molecule has 0 aromatic heterocycles. The van der Waals surface area contributed by atoms with Gasteiger partial charge in [-0.3, -0.25) is 0 Å². The van der Waals surface area contributed by atoms with Crippen molar-refractivity contribution in [3.63, 3.8) is 0 Å². The highest BCUT2D eigenvalue weighted by molar-refractivity contribution is 7.91. The van der Waals surface area contributed by atoms with Gasteiger partial charge in [0.1, 0.15) is 5.82 Å². The van der Waals surface area contributed by atoms with Crippen LogP contribution in [0.4, 0.5) is 10.1 Å². The van der Waals surface area contributed by atoms with Crippen LogP contribution in [0.1, 0.15) is 6.42 Å². The Morgan fingerprint density at radius 3 is 2.79 bits per heavy atom. The highest BCUT2D eigenvalue weighted by Gasteiger charge is 2.27. The first kappa shape index (κ1) is 14.3. The number of benzene rings is 1. The van der Waals surface area contributed by atoms with Crippen LogP contribution in [0.25, 0.3) is 0 Å². The lowest BCUT2D eigenvalue weighted by Gasteiger charge is -2.21. The molecule has 0 radical (unpaired) electrons. The maximum Gasteiger partial charge on any atom is 0.151 e. The fraction of sp³-hybridized carbons (Fsp3) is 0.538. The minimum atomic E-state index is -2.84. The smallest absolute Gasteiger partial charge is 0.151 e. The Hall–Kier alpha value is -1.14. The number of halogens is 1. The Kier molecular flexibility index (Phi) is 4.42. The third-order valence-corrected chi connectivity index (χ3v) is 5.14. The van der Waals surface area contributed by atoms with Crippen molar-refractivity contribution in [3.05, 3.63) is 30.1 Å². The van der Waals surface area contributed by atoms with Gasteiger partial charge in [0.2, 0.25) is 0 Å². The molecule has 1 fully saturated rings. The molecule has 0 spiro atoms. The van der Waals surface area contributed by atoms with Crippen LogP contribution >= 0.6 is 0 Å². The minimum absolute atomic E-state index is 0.0408. The van der Waals surface area contributed by atoms with Crippen LogP contribution in [-0.4, -0.2) is 46.1 Å². The molecule has 106 valence electrons. The zero-order valence-electron chi connectivity index (χ0n) is 11.0. The van der Waals surface area contributed by atoms with E-state index in [2.05, 4.69) is 5.32 Å². The summed E-state index contributed by atoms with van der Waals surface area (Å²) < 4.78 is 36.1. The number of para-hydroxylation sites is 1. The second-order valence-corrected chi connectivity index (χ2v) is 7.16. The van der Waals surface area contributed by atoms with Gasteiger partial charge in [0.25, 0.3) is 0 Å². The number of anilines is 1. The SMILES string of the molecule is CN(CCNC1CCS(=O)(=O)C1)c1ccccc1F. The number of nitrogens with one attached hydrogen (secondary N) is 1. The molecule has 1 atom stereocenters. The van der Waals surface area contributed by atoms with Crippen molar-refractivity contribution in [2.24, 2.45) is 0 Å². The van der Waals surface area contributed by atoms with Gasteiger partial charge < -0.3 is 10.2 Å². The first-order valence-corrected chi connectivity index (χ1v) is 8.19. The summed E-state index contributed by atoms with van der Waals surface area (Å²) in [4.78, 5) is 1.83. The Labute approximate surface area is 113 Å². The van der Waals surface area contributed by atoms with Gasteiger partial charge in [-0.05, 0) is 18.6 Å². The standard InChI is InChI=1S/C13H19FN2O2S/c1-16(13-5-3-2-4-12(13)14)8-7-15-11-6-9-19(17,18)10-11/h2-5,11,15H,6-10H2,1H3. The van der Waals surface area contributed by atoms with Crippen molar-refractivity contribution in [2.45, 2.75) is 12.5 Å². The highest BCUT2D eigenvalue weighted by Crippen LogP contribution is 2.16. The maximum absolute atomic E-state index is 13.5. The van der Waals surface area contributed by atoms with Crippen molar-refractivity contribution in [1.82, 2.24) is 5.32 Å². The number of hydrogen-bond acceptors (Lipinski definition) is 4. The summed E-state index contributed by atoms with van der Waals surface area (Å²) in [5.41, 5.74) is 0.559. The van der Waals surface area contributed by atoms with E-state index in [1.54, 1.807) is 18.2 Å². The van der Waals surface area contributed by atoms with E-state index in [1.165, 1.54) is 6.07 Å². The number of likely N-dealkylation sites (N-methyl/N-ethyl adjacent to an activating group) is 1. The first-order valence-electron chi connectivity index (χ1n) is 6.37. The molecule has 6 heteroatoms. The van der Waals surface area contributed by atoms with Gasteiger partial charge in [0.05, 0.1) is 17.2 Å². The summed E-state index contributed by atoms with van der Waals surface area (Å²) in [5, 5.41) is 3.21. The molecule has 1 saturated heterocycles. The number of rotatable bonds is 5. The molecule has 1 heterocycles. The predicted molar refractivity (Wildman–Crippen MR) is 74.7 cm³/mol. The van der Waals surface area contributed by atoms with Crippen LogP contribution in [0.2, 0.25) is 0 Å². The molecule has 0 aliphatic carbocycles. The molecule has 1 N–H and O–H groups in total. The van der Waals surface area contributed by atoms with E-state index in [0.29, 0.717) is 25.2 Å². The zero-order chi connectivity index (χ0) is 13.9. The lowest BCUT2D eigenvalue weighted by atomic mass is 10.2. The third kappa shape index (κ3) is 3.91. The average Bonchev–Trinajstić information content (AvgIpc) is 2.69. The summed E-state index contributed by atoms with van der Waals surface area (Å²) >= 11 is 0. The predicted octanol–water partition coefficient (Wildman–Crippen LogP) is 1.04. The second kappa shape index (κ2) is 5.88. The lowest BCUT2D eigenvalue weighted by Crippen LogP contribution is -2.36. The van der Waals surface area contributed by atoms with E-state index < -0.39 is 9.84 Å². The quantitative estimate of drug-likeness (QED) is 0.878. The van der Waals surface area contributed by atoms with Crippen LogP contribution in [0.5, 0.6) is 0 Å². The van der Waals surface area contributed by atoms with Crippen molar-refractivity contribution in [2.75, 3.05) is 36.5 Å². The van der Waals surface area contributed by atoms with E-state index >= 15 is 0 Å². The fourth-order valence-electron chi connectivity index (χ4n) is 2.27. The van der Waals surface area contributed by atoms with Crippen LogP contribution in [0, 0.1) is 5.82 Å². The largest absolute Gasteiger partial charge is 0.371 e. The maximum atomic E-state index is 13.5. The van der Waals surface area contributed by atoms with Crippen LogP contribution < -0.4 is 10.2 Å². The van der Waals surface area contributed by atoms with E-state index in [9.17, 15) is 12.8 Å². The van der Waals surface area contributed by atoms with E-state index in [1.807, 2.05) is 11.9 Å². The van der Waals surface area contributed by atoms with Gasteiger partial charge in [0, 0.05) is 26.2 Å². The molecule has 1 aliphatic heterocycles. The van der Waals surface area contributed by atoms with Gasteiger partial charge >= 0.3 is 0 Å². The number of sulfone groups is 1. The minimum Gasteiger partial charge on any atom is -0.371 e. The van der Waals surface area contributed by atoms with E-state index in [0.717, 1.165) is 0 Å². The monoisotopic (exact) mass is 286 g/mol.